The number of aliphatic hydroxyl groups is 2. The van der Waals surface area contributed by atoms with Crippen LogP contribution in [-0.2, 0) is 0 Å². The third kappa shape index (κ3) is 7.22. The van der Waals surface area contributed by atoms with E-state index in [9.17, 15) is 10.2 Å². The van der Waals surface area contributed by atoms with Gasteiger partial charge in [-0.1, -0.05) is 6.92 Å². The molecular weight excluding hydrogens is 242 g/mol. The molecule has 1 saturated heterocycles. The summed E-state index contributed by atoms with van der Waals surface area (Å²) < 4.78 is 0. The van der Waals surface area contributed by atoms with Gasteiger partial charge in [0.2, 0.25) is 0 Å². The molecule has 1 heterocycles. The fraction of sp³-hybridized carbons (Fsp3) is 1.00. The van der Waals surface area contributed by atoms with E-state index in [1.165, 1.54) is 0 Å². The van der Waals surface area contributed by atoms with Crippen LogP contribution in [0.15, 0.2) is 0 Å². The summed E-state index contributed by atoms with van der Waals surface area (Å²) in [6.07, 6.45) is -0.554. The smallest absolute Gasteiger partial charge is 0.0639 e. The predicted molar refractivity (Wildman–Crippen MR) is 78.4 cm³/mol. The molecular formula is C14H31N3O2. The second-order valence-corrected chi connectivity index (χ2v) is 5.73. The average molecular weight is 273 g/mol. The summed E-state index contributed by atoms with van der Waals surface area (Å²) >= 11 is 0. The van der Waals surface area contributed by atoms with Gasteiger partial charge in [0, 0.05) is 52.4 Å². The fourth-order valence-corrected chi connectivity index (χ4v) is 2.61. The topological polar surface area (TPSA) is 50.2 Å². The van der Waals surface area contributed by atoms with Crippen LogP contribution in [0.2, 0.25) is 0 Å². The number of hydrogen-bond donors (Lipinski definition) is 2. The van der Waals surface area contributed by atoms with Gasteiger partial charge in [0.25, 0.3) is 0 Å². The zero-order valence-corrected chi connectivity index (χ0v) is 12.8. The van der Waals surface area contributed by atoms with Crippen molar-refractivity contribution in [3.8, 4) is 0 Å². The van der Waals surface area contributed by atoms with Crippen molar-refractivity contribution in [1.29, 1.82) is 0 Å². The van der Waals surface area contributed by atoms with Crippen LogP contribution in [0.25, 0.3) is 0 Å². The summed E-state index contributed by atoms with van der Waals surface area (Å²) in [4.78, 5) is 7.09. The standard InChI is InChI=1S/C14H31N3O2/c1-4-15-5-7-16(11-13(2)18)9-10-17(8-6-15)12-14(3)19/h13-14,18-19H,4-12H2,1-3H3/t13-,14-/m0/s1. The Morgan fingerprint density at radius 3 is 1.32 bits per heavy atom. The number of aliphatic hydroxyl groups excluding tert-OH is 2. The van der Waals surface area contributed by atoms with Gasteiger partial charge in [-0.15, -0.1) is 0 Å². The molecule has 1 rings (SSSR count). The van der Waals surface area contributed by atoms with Crippen molar-refractivity contribution in [2.24, 2.45) is 0 Å². The molecule has 19 heavy (non-hydrogen) atoms. The summed E-state index contributed by atoms with van der Waals surface area (Å²) in [7, 11) is 0. The molecule has 5 heteroatoms. The second-order valence-electron chi connectivity index (χ2n) is 5.73. The monoisotopic (exact) mass is 273 g/mol. The fourth-order valence-electron chi connectivity index (χ4n) is 2.61. The highest BCUT2D eigenvalue weighted by molar-refractivity contribution is 4.73. The van der Waals surface area contributed by atoms with Gasteiger partial charge in [-0.25, -0.2) is 0 Å². The molecule has 114 valence electrons. The molecule has 1 aliphatic rings. The molecule has 0 bridgehead atoms. The van der Waals surface area contributed by atoms with E-state index in [4.69, 9.17) is 0 Å². The molecule has 0 aromatic carbocycles. The van der Waals surface area contributed by atoms with Gasteiger partial charge in [-0.3, -0.25) is 9.80 Å². The van der Waals surface area contributed by atoms with E-state index >= 15 is 0 Å². The van der Waals surface area contributed by atoms with Crippen molar-refractivity contribution >= 4 is 0 Å². The Balaban J connectivity index is 2.56. The molecule has 0 amide bonds. The Hall–Kier alpha value is -0.200. The third-order valence-corrected chi connectivity index (χ3v) is 3.69. The van der Waals surface area contributed by atoms with Gasteiger partial charge in [0.15, 0.2) is 0 Å². The minimum Gasteiger partial charge on any atom is -0.392 e. The zero-order chi connectivity index (χ0) is 14.3. The minimum absolute atomic E-state index is 0.277. The lowest BCUT2D eigenvalue weighted by molar-refractivity contribution is 0.102. The van der Waals surface area contributed by atoms with E-state index in [0.717, 1.165) is 58.9 Å². The number of hydrogen-bond acceptors (Lipinski definition) is 5. The Morgan fingerprint density at radius 1 is 0.737 bits per heavy atom. The average Bonchev–Trinajstić information content (AvgIpc) is 2.41. The summed E-state index contributed by atoms with van der Waals surface area (Å²) in [6.45, 7) is 14.5. The second kappa shape index (κ2) is 8.87. The summed E-state index contributed by atoms with van der Waals surface area (Å²) in [5.74, 6) is 0. The van der Waals surface area contributed by atoms with Crippen LogP contribution in [0.3, 0.4) is 0 Å². The Labute approximate surface area is 117 Å². The molecule has 1 fully saturated rings. The molecule has 1 aliphatic heterocycles. The van der Waals surface area contributed by atoms with Crippen LogP contribution in [0.5, 0.6) is 0 Å². The van der Waals surface area contributed by atoms with Crippen LogP contribution in [0.4, 0.5) is 0 Å². The van der Waals surface area contributed by atoms with Gasteiger partial charge >= 0.3 is 0 Å². The number of nitrogens with zero attached hydrogens (tertiary/aromatic N) is 3. The zero-order valence-electron chi connectivity index (χ0n) is 12.8. The highest BCUT2D eigenvalue weighted by atomic mass is 16.3. The van der Waals surface area contributed by atoms with Gasteiger partial charge < -0.3 is 15.1 Å². The third-order valence-electron chi connectivity index (χ3n) is 3.69. The Morgan fingerprint density at radius 2 is 1.05 bits per heavy atom. The maximum absolute atomic E-state index is 9.56. The maximum Gasteiger partial charge on any atom is 0.0639 e. The molecule has 0 aromatic rings. The number of β-amino-alcohol motifs (C(OH)–C–C–N with tert-alkyl or cyclic N) is 2. The summed E-state index contributed by atoms with van der Waals surface area (Å²) in [5.41, 5.74) is 0. The van der Waals surface area contributed by atoms with Crippen LogP contribution < -0.4 is 0 Å². The van der Waals surface area contributed by atoms with E-state index in [1.807, 2.05) is 13.8 Å². The van der Waals surface area contributed by atoms with Crippen LogP contribution in [0, 0.1) is 0 Å². The van der Waals surface area contributed by atoms with E-state index in [1.54, 1.807) is 0 Å². The molecule has 0 aliphatic carbocycles. The minimum atomic E-state index is -0.277. The van der Waals surface area contributed by atoms with Gasteiger partial charge in [-0.2, -0.15) is 0 Å². The quantitative estimate of drug-likeness (QED) is 0.719. The summed E-state index contributed by atoms with van der Waals surface area (Å²) in [6, 6.07) is 0. The molecule has 5 nitrogen and oxygen atoms in total. The van der Waals surface area contributed by atoms with Crippen molar-refractivity contribution in [2.75, 3.05) is 58.9 Å². The molecule has 2 N–H and O–H groups in total. The SMILES string of the molecule is CCN1CCN(C[C@H](C)O)CCN(C[C@H](C)O)CC1. The van der Waals surface area contributed by atoms with Gasteiger partial charge in [0.1, 0.15) is 0 Å². The van der Waals surface area contributed by atoms with Crippen molar-refractivity contribution in [3.63, 3.8) is 0 Å². The highest BCUT2D eigenvalue weighted by Crippen LogP contribution is 2.02. The molecule has 0 spiro atoms. The lowest BCUT2D eigenvalue weighted by Gasteiger charge is -2.27. The van der Waals surface area contributed by atoms with Crippen molar-refractivity contribution in [3.05, 3.63) is 0 Å². The van der Waals surface area contributed by atoms with Crippen LogP contribution in [0.1, 0.15) is 20.8 Å². The van der Waals surface area contributed by atoms with E-state index in [-0.39, 0.29) is 12.2 Å². The lowest BCUT2D eigenvalue weighted by Crippen LogP contribution is -2.41. The van der Waals surface area contributed by atoms with Crippen LogP contribution in [-0.4, -0.2) is 96.0 Å². The predicted octanol–water partition coefficient (Wildman–Crippen LogP) is -0.312. The van der Waals surface area contributed by atoms with Crippen LogP contribution >= 0.6 is 0 Å². The van der Waals surface area contributed by atoms with Crippen molar-refractivity contribution in [2.45, 2.75) is 33.0 Å². The maximum atomic E-state index is 9.56. The molecule has 0 radical (unpaired) electrons. The number of likely N-dealkylation sites (N-methyl/N-ethyl adjacent to an activating group) is 1. The first-order valence-corrected chi connectivity index (χ1v) is 7.54. The first-order valence-electron chi connectivity index (χ1n) is 7.54. The van der Waals surface area contributed by atoms with Gasteiger partial charge in [0.05, 0.1) is 12.2 Å². The van der Waals surface area contributed by atoms with E-state index < -0.39 is 0 Å². The molecule has 0 unspecified atom stereocenters. The molecule has 2 atom stereocenters. The molecule has 0 aromatic heterocycles. The highest BCUT2D eigenvalue weighted by Gasteiger charge is 2.17. The van der Waals surface area contributed by atoms with E-state index in [0.29, 0.717) is 0 Å². The Bertz CT molecular complexity index is 215. The Kier molecular flexibility index (Phi) is 7.87. The normalized spacial score (nSPS) is 24.5. The number of rotatable bonds is 5. The van der Waals surface area contributed by atoms with Gasteiger partial charge in [-0.05, 0) is 20.4 Å². The first kappa shape index (κ1) is 16.9. The molecule has 0 saturated carbocycles. The lowest BCUT2D eigenvalue weighted by atomic mass is 10.3. The summed E-state index contributed by atoms with van der Waals surface area (Å²) in [5, 5.41) is 19.1. The first-order chi connectivity index (χ1) is 9.01. The van der Waals surface area contributed by atoms with Crippen molar-refractivity contribution in [1.82, 2.24) is 14.7 Å². The largest absolute Gasteiger partial charge is 0.392 e. The van der Waals surface area contributed by atoms with Crippen molar-refractivity contribution < 1.29 is 10.2 Å². The van der Waals surface area contributed by atoms with E-state index in [2.05, 4.69) is 21.6 Å².